The maximum Gasteiger partial charge on any atom is 0.341 e. The molecule has 3 N–H and O–H groups in total. The van der Waals surface area contributed by atoms with Crippen molar-refractivity contribution in [2.24, 2.45) is 0 Å². The van der Waals surface area contributed by atoms with Crippen LogP contribution in [0.2, 0.25) is 0 Å². The number of nitrogens with one attached hydrogen (secondary N) is 1. The fraction of sp³-hybridized carbons (Fsp3) is 0.125. The van der Waals surface area contributed by atoms with E-state index in [1.165, 1.54) is 6.92 Å². The first-order chi connectivity index (χ1) is 12.2. The van der Waals surface area contributed by atoms with Crippen molar-refractivity contribution in [1.29, 1.82) is 0 Å². The molecule has 0 saturated heterocycles. The highest BCUT2D eigenvalue weighted by Crippen LogP contribution is 2.21. The minimum atomic E-state index is -1.33. The molecule has 0 radical (unpaired) electrons. The van der Waals surface area contributed by atoms with Crippen LogP contribution in [0.5, 0.6) is 0 Å². The number of nitrogen functional groups attached to an aromatic ring is 1. The number of carbonyl (C=O) groups is 2. The summed E-state index contributed by atoms with van der Waals surface area (Å²) in [6, 6.07) is 5.70. The summed E-state index contributed by atoms with van der Waals surface area (Å²) in [7, 11) is 0. The Kier molecular flexibility index (Phi) is 5.45. The molecule has 1 amide bonds. The lowest BCUT2D eigenvalue weighted by molar-refractivity contribution is -0.384. The standard InChI is InChI=1S/C16H13F2N3O5/c1-8(15(22)20-14-5-2-9(17)6-12(14)18)26-16(23)11-4-3-10(21(24)25)7-13(11)19/h2-8H,19H2,1H3,(H,20,22)/t8-/m1/s1. The third-order valence-electron chi connectivity index (χ3n) is 3.31. The molecule has 0 spiro atoms. The van der Waals surface area contributed by atoms with E-state index >= 15 is 0 Å². The first kappa shape index (κ1) is 18.8. The van der Waals surface area contributed by atoms with Crippen LogP contribution in [-0.2, 0) is 9.53 Å². The molecule has 0 heterocycles. The Morgan fingerprint density at radius 2 is 1.92 bits per heavy atom. The van der Waals surface area contributed by atoms with Crippen LogP contribution in [0, 0.1) is 21.7 Å². The van der Waals surface area contributed by atoms with Crippen LogP contribution in [-0.4, -0.2) is 22.9 Å². The summed E-state index contributed by atoms with van der Waals surface area (Å²) in [5.41, 5.74) is 4.63. The highest BCUT2D eigenvalue weighted by Gasteiger charge is 2.22. The van der Waals surface area contributed by atoms with Gasteiger partial charge in [0.25, 0.3) is 11.6 Å². The second kappa shape index (κ2) is 7.55. The molecule has 0 fully saturated rings. The average Bonchev–Trinajstić information content (AvgIpc) is 2.56. The molecule has 1 atom stereocenters. The fourth-order valence-electron chi connectivity index (χ4n) is 1.95. The van der Waals surface area contributed by atoms with Crippen molar-refractivity contribution in [1.82, 2.24) is 0 Å². The Morgan fingerprint density at radius 1 is 1.23 bits per heavy atom. The van der Waals surface area contributed by atoms with Crippen molar-refractivity contribution < 1.29 is 28.0 Å². The zero-order valence-corrected chi connectivity index (χ0v) is 13.4. The zero-order chi connectivity index (χ0) is 19.4. The summed E-state index contributed by atoms with van der Waals surface area (Å²) in [5, 5.41) is 12.8. The van der Waals surface area contributed by atoms with Crippen LogP contribution in [0.25, 0.3) is 0 Å². The molecule has 136 valence electrons. The summed E-state index contributed by atoms with van der Waals surface area (Å²) >= 11 is 0. The van der Waals surface area contributed by atoms with E-state index in [-0.39, 0.29) is 22.6 Å². The molecule has 26 heavy (non-hydrogen) atoms. The van der Waals surface area contributed by atoms with Gasteiger partial charge in [-0.05, 0) is 25.1 Å². The van der Waals surface area contributed by atoms with Gasteiger partial charge in [0.1, 0.15) is 11.6 Å². The van der Waals surface area contributed by atoms with Crippen molar-refractivity contribution in [3.05, 3.63) is 63.7 Å². The summed E-state index contributed by atoms with van der Waals surface area (Å²) in [6.07, 6.45) is -1.33. The quantitative estimate of drug-likeness (QED) is 0.363. The van der Waals surface area contributed by atoms with Gasteiger partial charge < -0.3 is 15.8 Å². The predicted molar refractivity (Wildman–Crippen MR) is 87.4 cm³/mol. The molecule has 0 saturated carbocycles. The molecule has 8 nitrogen and oxygen atoms in total. The van der Waals surface area contributed by atoms with Crippen LogP contribution in [0.3, 0.4) is 0 Å². The van der Waals surface area contributed by atoms with E-state index in [0.717, 1.165) is 30.3 Å². The van der Waals surface area contributed by atoms with Crippen molar-refractivity contribution in [2.75, 3.05) is 11.1 Å². The highest BCUT2D eigenvalue weighted by molar-refractivity contribution is 5.99. The Labute approximate surface area is 145 Å². The number of amides is 1. The number of nitrogens with zero attached hydrogens (tertiary/aromatic N) is 1. The Morgan fingerprint density at radius 3 is 2.50 bits per heavy atom. The molecular formula is C16H13F2N3O5. The second-order valence-corrected chi connectivity index (χ2v) is 5.19. The van der Waals surface area contributed by atoms with Gasteiger partial charge >= 0.3 is 5.97 Å². The largest absolute Gasteiger partial charge is 0.449 e. The number of hydrogen-bond acceptors (Lipinski definition) is 6. The van der Waals surface area contributed by atoms with Gasteiger partial charge in [0, 0.05) is 18.2 Å². The first-order valence-electron chi connectivity index (χ1n) is 7.20. The summed E-state index contributed by atoms with van der Waals surface area (Å²) in [5.74, 6) is -3.64. The van der Waals surface area contributed by atoms with Gasteiger partial charge in [0.05, 0.1) is 21.9 Å². The number of non-ortho nitro benzene ring substituents is 1. The molecule has 2 rings (SSSR count). The van der Waals surface area contributed by atoms with Crippen molar-refractivity contribution in [2.45, 2.75) is 13.0 Å². The van der Waals surface area contributed by atoms with Crippen molar-refractivity contribution >= 4 is 28.9 Å². The molecule has 10 heteroatoms. The highest BCUT2D eigenvalue weighted by atomic mass is 19.1. The van der Waals surface area contributed by atoms with Crippen LogP contribution < -0.4 is 11.1 Å². The lowest BCUT2D eigenvalue weighted by Gasteiger charge is -2.14. The predicted octanol–water partition coefficient (Wildman–Crippen LogP) is 2.64. The van der Waals surface area contributed by atoms with E-state index in [0.29, 0.717) is 6.07 Å². The maximum absolute atomic E-state index is 13.5. The monoisotopic (exact) mass is 365 g/mol. The van der Waals surface area contributed by atoms with Crippen LogP contribution in [0.1, 0.15) is 17.3 Å². The molecule has 0 bridgehead atoms. The minimum absolute atomic E-state index is 0.164. The third-order valence-corrected chi connectivity index (χ3v) is 3.31. The van der Waals surface area contributed by atoms with Gasteiger partial charge in [-0.3, -0.25) is 14.9 Å². The van der Waals surface area contributed by atoms with Gasteiger partial charge in [-0.15, -0.1) is 0 Å². The van der Waals surface area contributed by atoms with Gasteiger partial charge in [0.2, 0.25) is 0 Å². The number of nitrogens with two attached hydrogens (primary N) is 1. The topological polar surface area (TPSA) is 125 Å². The molecular weight excluding hydrogens is 352 g/mol. The summed E-state index contributed by atoms with van der Waals surface area (Å²) in [4.78, 5) is 34.0. The van der Waals surface area contributed by atoms with Crippen LogP contribution in [0.15, 0.2) is 36.4 Å². The Bertz CT molecular complexity index is 888. The van der Waals surface area contributed by atoms with Gasteiger partial charge in [0.15, 0.2) is 6.10 Å². The van der Waals surface area contributed by atoms with E-state index in [2.05, 4.69) is 5.32 Å². The smallest absolute Gasteiger partial charge is 0.341 e. The van der Waals surface area contributed by atoms with E-state index in [1.807, 2.05) is 0 Å². The van der Waals surface area contributed by atoms with Crippen LogP contribution >= 0.6 is 0 Å². The normalized spacial score (nSPS) is 11.5. The minimum Gasteiger partial charge on any atom is -0.449 e. The van der Waals surface area contributed by atoms with E-state index in [1.54, 1.807) is 0 Å². The van der Waals surface area contributed by atoms with E-state index < -0.39 is 34.5 Å². The number of hydrogen-bond donors (Lipinski definition) is 2. The van der Waals surface area contributed by atoms with Crippen molar-refractivity contribution in [3.8, 4) is 0 Å². The number of esters is 1. The summed E-state index contributed by atoms with van der Waals surface area (Å²) in [6.45, 7) is 1.23. The second-order valence-electron chi connectivity index (χ2n) is 5.19. The average molecular weight is 365 g/mol. The van der Waals surface area contributed by atoms with Crippen LogP contribution in [0.4, 0.5) is 25.8 Å². The third kappa shape index (κ3) is 4.29. The van der Waals surface area contributed by atoms with Gasteiger partial charge in [-0.1, -0.05) is 0 Å². The molecule has 0 aliphatic carbocycles. The van der Waals surface area contributed by atoms with Gasteiger partial charge in [-0.2, -0.15) is 0 Å². The molecule has 0 aliphatic heterocycles. The van der Waals surface area contributed by atoms with Crippen molar-refractivity contribution in [3.63, 3.8) is 0 Å². The lowest BCUT2D eigenvalue weighted by atomic mass is 10.1. The number of rotatable bonds is 5. The molecule has 0 unspecified atom stereocenters. The number of anilines is 2. The Balaban J connectivity index is 2.06. The summed E-state index contributed by atoms with van der Waals surface area (Å²) < 4.78 is 31.3. The number of ether oxygens (including phenoxy) is 1. The molecule has 0 aliphatic rings. The SMILES string of the molecule is C[C@@H](OC(=O)c1ccc([N+](=O)[O-])cc1N)C(=O)Nc1ccc(F)cc1F. The fourth-order valence-corrected chi connectivity index (χ4v) is 1.95. The molecule has 2 aromatic carbocycles. The van der Waals surface area contributed by atoms with Gasteiger partial charge in [-0.25, -0.2) is 13.6 Å². The lowest BCUT2D eigenvalue weighted by Crippen LogP contribution is -2.30. The number of nitro groups is 1. The number of benzene rings is 2. The number of carbonyl (C=O) groups excluding carboxylic acids is 2. The Hall–Kier alpha value is -3.56. The van der Waals surface area contributed by atoms with E-state index in [9.17, 15) is 28.5 Å². The molecule has 2 aromatic rings. The number of halogens is 2. The first-order valence-corrected chi connectivity index (χ1v) is 7.20. The van der Waals surface area contributed by atoms with E-state index in [4.69, 9.17) is 10.5 Å². The zero-order valence-electron chi connectivity index (χ0n) is 13.4. The number of nitro benzene ring substituents is 1. The maximum atomic E-state index is 13.5. The molecule has 0 aromatic heterocycles.